The summed E-state index contributed by atoms with van der Waals surface area (Å²) < 4.78 is 46.1. The zero-order valence-corrected chi connectivity index (χ0v) is 21.8. The van der Waals surface area contributed by atoms with Gasteiger partial charge in [-0.2, -0.15) is 0 Å². The zero-order valence-electron chi connectivity index (χ0n) is 19.0. The van der Waals surface area contributed by atoms with Gasteiger partial charge in [-0.3, -0.25) is 9.59 Å². The molecule has 9 heteroatoms. The fraction of sp³-hybridized carbons (Fsp3) is 0.900. The number of ether oxygens (including phenoxy) is 2. The van der Waals surface area contributed by atoms with Gasteiger partial charge in [0.25, 0.3) is 0 Å². The normalized spacial score (nSPS) is 15.5. The Hall–Kier alpha value is -0.150. The van der Waals surface area contributed by atoms with E-state index in [-0.39, 0.29) is 61.2 Å². The van der Waals surface area contributed by atoms with Crippen molar-refractivity contribution in [2.45, 2.75) is 97.3 Å². The molecule has 0 amide bonds. The molecule has 0 fully saturated rings. The van der Waals surface area contributed by atoms with Crippen LogP contribution in [0, 0.1) is 11.3 Å². The number of carbonyl (C=O) groups excluding carboxylic acids is 2. The molecular weight excluding hydrogens is 407 g/mol. The van der Waals surface area contributed by atoms with E-state index in [4.69, 9.17) is 9.47 Å². The molecule has 29 heavy (non-hydrogen) atoms. The second kappa shape index (κ2) is 15.6. The van der Waals surface area contributed by atoms with E-state index in [0.29, 0.717) is 6.42 Å². The van der Waals surface area contributed by atoms with Crippen LogP contribution in [0.4, 0.5) is 0 Å². The maximum Gasteiger partial charge on any atom is 1.00 e. The number of methoxy groups -OCH3 is 1. The minimum absolute atomic E-state index is 0. The third kappa shape index (κ3) is 11.2. The van der Waals surface area contributed by atoms with E-state index in [1.54, 1.807) is 6.92 Å². The third-order valence-corrected chi connectivity index (χ3v) is 6.58. The number of hydrogen-bond acceptors (Lipinski definition) is 7. The molecule has 0 aliphatic rings. The Balaban J connectivity index is 0. The summed E-state index contributed by atoms with van der Waals surface area (Å²) in [5, 5.41) is 0. The minimum Gasteiger partial charge on any atom is -0.745 e. The van der Waals surface area contributed by atoms with E-state index in [2.05, 4.69) is 6.92 Å². The number of hydrogen-bond donors (Lipinski definition) is 0. The Bertz CT molecular complexity index is 579. The van der Waals surface area contributed by atoms with Gasteiger partial charge in [-0.05, 0) is 25.2 Å². The molecule has 0 rings (SSSR count). The van der Waals surface area contributed by atoms with Gasteiger partial charge >= 0.3 is 41.5 Å². The van der Waals surface area contributed by atoms with E-state index >= 15 is 0 Å². The van der Waals surface area contributed by atoms with Gasteiger partial charge in [0.05, 0.1) is 13.5 Å². The summed E-state index contributed by atoms with van der Waals surface area (Å²) in [6.45, 7) is 7.64. The molecular formula is C20H37NaO7S. The summed E-state index contributed by atoms with van der Waals surface area (Å²) in [4.78, 5) is 24.4. The van der Waals surface area contributed by atoms with Gasteiger partial charge in [-0.1, -0.05) is 59.8 Å². The Morgan fingerprint density at radius 1 is 1.03 bits per heavy atom. The summed E-state index contributed by atoms with van der Waals surface area (Å²) in [5.41, 5.74) is -3.18. The van der Waals surface area contributed by atoms with Crippen LogP contribution in [0.25, 0.3) is 0 Å². The largest absolute Gasteiger partial charge is 1.00 e. The zero-order chi connectivity index (χ0) is 21.8. The molecule has 0 aromatic carbocycles. The molecule has 0 aromatic heterocycles. The molecule has 0 radical (unpaired) electrons. The van der Waals surface area contributed by atoms with Crippen molar-refractivity contribution >= 4 is 22.1 Å². The van der Waals surface area contributed by atoms with Crippen molar-refractivity contribution in [2.75, 3.05) is 7.11 Å². The SMILES string of the molecule is CCCCC(CC)CC(=O)OC(C(CC)(CCCC)CC(=O)OC)S(=O)(=O)[O-].[Na+]. The van der Waals surface area contributed by atoms with Crippen LogP contribution >= 0.6 is 0 Å². The van der Waals surface area contributed by atoms with Crippen molar-refractivity contribution in [3.8, 4) is 0 Å². The summed E-state index contributed by atoms with van der Waals surface area (Å²) in [6, 6.07) is 0. The van der Waals surface area contributed by atoms with Crippen molar-refractivity contribution < 1.29 is 61.6 Å². The van der Waals surface area contributed by atoms with Gasteiger partial charge < -0.3 is 14.0 Å². The standard InChI is InChI=1S/C20H38O7S.Na/c1-6-10-12-16(8-3)14-17(21)27-19(28(23,24)25)20(9-4,13-11-7-2)15-18(22)26-5;/h16,19H,6-15H2,1-5H3,(H,23,24,25);/q;+1/p-1. The van der Waals surface area contributed by atoms with Crippen molar-refractivity contribution in [3.05, 3.63) is 0 Å². The van der Waals surface area contributed by atoms with Crippen LogP contribution in [0.5, 0.6) is 0 Å². The first-order chi connectivity index (χ1) is 13.1. The predicted octanol–water partition coefficient (Wildman–Crippen LogP) is 1.16. The molecule has 0 aliphatic carbocycles. The number of esters is 2. The van der Waals surface area contributed by atoms with Crippen LogP contribution < -0.4 is 29.6 Å². The molecule has 0 saturated carbocycles. The van der Waals surface area contributed by atoms with E-state index in [0.717, 1.165) is 32.1 Å². The van der Waals surface area contributed by atoms with Crippen molar-refractivity contribution in [3.63, 3.8) is 0 Å². The van der Waals surface area contributed by atoms with Gasteiger partial charge in [0.2, 0.25) is 0 Å². The maximum atomic E-state index is 12.5. The maximum absolute atomic E-state index is 12.5. The van der Waals surface area contributed by atoms with Crippen molar-refractivity contribution in [1.82, 2.24) is 0 Å². The summed E-state index contributed by atoms with van der Waals surface area (Å²) in [6.07, 6.45) is 5.18. The van der Waals surface area contributed by atoms with Gasteiger partial charge in [-0.25, -0.2) is 8.42 Å². The fourth-order valence-electron chi connectivity index (χ4n) is 3.48. The van der Waals surface area contributed by atoms with Crippen LogP contribution in [0.3, 0.4) is 0 Å². The molecule has 3 unspecified atom stereocenters. The number of rotatable bonds is 15. The Labute approximate surface area is 198 Å². The summed E-state index contributed by atoms with van der Waals surface area (Å²) in [7, 11) is -3.77. The first-order valence-corrected chi connectivity index (χ1v) is 11.8. The third-order valence-electron chi connectivity index (χ3n) is 5.46. The number of carbonyl (C=O) groups is 2. The molecule has 0 bridgehead atoms. The fourth-order valence-corrected chi connectivity index (χ4v) is 4.69. The summed E-state index contributed by atoms with van der Waals surface area (Å²) in [5.74, 6) is -1.25. The Kier molecular flexibility index (Phi) is 16.7. The Morgan fingerprint density at radius 3 is 2.03 bits per heavy atom. The van der Waals surface area contributed by atoms with Gasteiger partial charge in [-0.15, -0.1) is 0 Å². The second-order valence-electron chi connectivity index (χ2n) is 7.51. The average molecular weight is 445 g/mol. The van der Waals surface area contributed by atoms with Crippen LogP contribution in [-0.2, 0) is 29.2 Å². The van der Waals surface area contributed by atoms with Crippen LogP contribution in [0.2, 0.25) is 0 Å². The first-order valence-electron chi connectivity index (χ1n) is 10.3. The van der Waals surface area contributed by atoms with E-state index < -0.39 is 32.9 Å². The van der Waals surface area contributed by atoms with E-state index in [1.165, 1.54) is 7.11 Å². The predicted molar refractivity (Wildman–Crippen MR) is 106 cm³/mol. The molecule has 0 aromatic rings. The first kappa shape index (κ1) is 31.0. The number of unbranched alkanes of at least 4 members (excludes halogenated alkanes) is 2. The minimum atomic E-state index is -4.97. The molecule has 0 heterocycles. The second-order valence-corrected chi connectivity index (χ2v) is 8.92. The summed E-state index contributed by atoms with van der Waals surface area (Å²) >= 11 is 0. The van der Waals surface area contributed by atoms with Gasteiger partial charge in [0.15, 0.2) is 5.44 Å². The van der Waals surface area contributed by atoms with E-state index in [9.17, 15) is 22.6 Å². The molecule has 7 nitrogen and oxygen atoms in total. The molecule has 0 spiro atoms. The van der Waals surface area contributed by atoms with E-state index in [1.807, 2.05) is 13.8 Å². The topological polar surface area (TPSA) is 110 Å². The monoisotopic (exact) mass is 444 g/mol. The van der Waals surface area contributed by atoms with Crippen LogP contribution in [0.15, 0.2) is 0 Å². The quantitative estimate of drug-likeness (QED) is 0.212. The molecule has 0 aliphatic heterocycles. The Morgan fingerprint density at radius 2 is 1.62 bits per heavy atom. The van der Waals surface area contributed by atoms with Crippen molar-refractivity contribution in [2.24, 2.45) is 11.3 Å². The smallest absolute Gasteiger partial charge is 0.745 e. The van der Waals surface area contributed by atoms with Crippen LogP contribution in [-0.4, -0.2) is 37.5 Å². The molecule has 0 saturated heterocycles. The van der Waals surface area contributed by atoms with Crippen molar-refractivity contribution in [1.29, 1.82) is 0 Å². The van der Waals surface area contributed by atoms with Gasteiger partial charge in [0, 0.05) is 11.8 Å². The van der Waals surface area contributed by atoms with Crippen LogP contribution in [0.1, 0.15) is 91.9 Å². The molecule has 0 N–H and O–H groups in total. The average Bonchev–Trinajstić information content (AvgIpc) is 2.65. The molecule has 3 atom stereocenters. The molecule has 166 valence electrons. The van der Waals surface area contributed by atoms with Gasteiger partial charge in [0.1, 0.15) is 10.1 Å².